The van der Waals surface area contributed by atoms with Crippen molar-refractivity contribution in [2.45, 2.75) is 32.6 Å². The van der Waals surface area contributed by atoms with Gasteiger partial charge in [-0.2, -0.15) is 0 Å². The number of hydrogen-bond donors (Lipinski definition) is 0. The van der Waals surface area contributed by atoms with Crippen LogP contribution in [0.15, 0.2) is 42.5 Å². The van der Waals surface area contributed by atoms with E-state index in [1.54, 1.807) is 0 Å². The summed E-state index contributed by atoms with van der Waals surface area (Å²) in [6.45, 7) is 5.96. The van der Waals surface area contributed by atoms with Gasteiger partial charge in [-0.25, -0.2) is 0 Å². The maximum Gasteiger partial charge on any atom is 0.139 e. The third kappa shape index (κ3) is 2.08. The Bertz CT molecular complexity index is 405. The van der Waals surface area contributed by atoms with E-state index in [1.165, 1.54) is 5.56 Å². The molecule has 0 N–H and O–H groups in total. The van der Waals surface area contributed by atoms with Gasteiger partial charge in [-0.05, 0) is 31.7 Å². The molecule has 0 spiro atoms. The molecule has 1 heteroatoms. The zero-order chi connectivity index (χ0) is 11.6. The highest BCUT2D eigenvalue weighted by Crippen LogP contribution is 2.44. The van der Waals surface area contributed by atoms with E-state index in [-0.39, 0.29) is 5.41 Å². The molecule has 1 aromatic carbocycles. The van der Waals surface area contributed by atoms with Crippen LogP contribution < -0.4 is 0 Å². The topological polar surface area (TPSA) is 17.1 Å². The number of rotatable bonds is 4. The van der Waals surface area contributed by atoms with E-state index in [1.807, 2.05) is 25.1 Å². The zero-order valence-corrected chi connectivity index (χ0v) is 9.83. The monoisotopic (exact) mass is 214 g/mol. The molecule has 16 heavy (non-hydrogen) atoms. The van der Waals surface area contributed by atoms with Crippen LogP contribution in [0.4, 0.5) is 0 Å². The SMILES string of the molecule is C=C(C)C[C@]1(Cc2ccccc2)CCC1=O. The average molecular weight is 214 g/mol. The van der Waals surface area contributed by atoms with Crippen molar-refractivity contribution in [3.8, 4) is 0 Å². The standard InChI is InChI=1S/C15H18O/c1-12(2)10-15(9-8-14(15)16)11-13-6-4-3-5-7-13/h3-7H,1,8-11H2,2H3/t15-/m0/s1. The molecule has 1 aliphatic carbocycles. The van der Waals surface area contributed by atoms with E-state index < -0.39 is 0 Å². The smallest absolute Gasteiger partial charge is 0.139 e. The van der Waals surface area contributed by atoms with Crippen LogP contribution in [0, 0.1) is 5.41 Å². The predicted molar refractivity (Wildman–Crippen MR) is 66.3 cm³/mol. The Morgan fingerprint density at radius 2 is 2.06 bits per heavy atom. The fourth-order valence-corrected chi connectivity index (χ4v) is 2.58. The summed E-state index contributed by atoms with van der Waals surface area (Å²) >= 11 is 0. The quantitative estimate of drug-likeness (QED) is 0.700. The van der Waals surface area contributed by atoms with E-state index in [9.17, 15) is 4.79 Å². The lowest BCUT2D eigenvalue weighted by Gasteiger charge is -2.40. The Morgan fingerprint density at radius 1 is 1.38 bits per heavy atom. The second-order valence-electron chi connectivity index (χ2n) is 5.00. The van der Waals surface area contributed by atoms with Crippen LogP contribution in [0.1, 0.15) is 31.7 Å². The minimum atomic E-state index is -0.132. The zero-order valence-electron chi connectivity index (χ0n) is 9.83. The molecule has 0 aliphatic heterocycles. The molecule has 1 nitrogen and oxygen atoms in total. The van der Waals surface area contributed by atoms with Crippen molar-refractivity contribution in [1.82, 2.24) is 0 Å². The molecule has 1 aliphatic rings. The molecule has 0 radical (unpaired) electrons. The van der Waals surface area contributed by atoms with Gasteiger partial charge in [-0.3, -0.25) is 4.79 Å². The van der Waals surface area contributed by atoms with Crippen molar-refractivity contribution in [3.05, 3.63) is 48.0 Å². The molecular formula is C15H18O. The molecule has 1 saturated carbocycles. The Labute approximate surface area is 97.2 Å². The second kappa shape index (κ2) is 4.25. The molecule has 0 amide bonds. The third-order valence-electron chi connectivity index (χ3n) is 3.45. The Hall–Kier alpha value is -1.37. The summed E-state index contributed by atoms with van der Waals surface area (Å²) in [4.78, 5) is 11.9. The number of allylic oxidation sites excluding steroid dienone is 1. The number of Topliss-reactive ketones (excluding diaryl/α,β-unsaturated/α-hetero) is 1. The first-order chi connectivity index (χ1) is 7.62. The molecule has 0 aromatic heterocycles. The van der Waals surface area contributed by atoms with E-state index in [0.29, 0.717) is 5.78 Å². The fraction of sp³-hybridized carbons (Fsp3) is 0.400. The van der Waals surface area contributed by atoms with Gasteiger partial charge in [0.1, 0.15) is 5.78 Å². The second-order valence-corrected chi connectivity index (χ2v) is 5.00. The van der Waals surface area contributed by atoms with Gasteiger partial charge in [0.15, 0.2) is 0 Å². The minimum absolute atomic E-state index is 0.132. The maximum absolute atomic E-state index is 11.9. The van der Waals surface area contributed by atoms with Crippen LogP contribution >= 0.6 is 0 Å². The highest BCUT2D eigenvalue weighted by molar-refractivity contribution is 5.91. The van der Waals surface area contributed by atoms with E-state index in [4.69, 9.17) is 0 Å². The summed E-state index contributed by atoms with van der Waals surface area (Å²) in [6.07, 6.45) is 3.49. The van der Waals surface area contributed by atoms with E-state index in [0.717, 1.165) is 31.3 Å². The molecule has 0 saturated heterocycles. The van der Waals surface area contributed by atoms with Crippen LogP contribution in [0.2, 0.25) is 0 Å². The van der Waals surface area contributed by atoms with Crippen molar-refractivity contribution in [2.24, 2.45) is 5.41 Å². The van der Waals surface area contributed by atoms with Crippen molar-refractivity contribution in [1.29, 1.82) is 0 Å². The highest BCUT2D eigenvalue weighted by atomic mass is 16.1. The van der Waals surface area contributed by atoms with Crippen molar-refractivity contribution >= 4 is 5.78 Å². The number of carbonyl (C=O) groups excluding carboxylic acids is 1. The molecule has 1 fully saturated rings. The van der Waals surface area contributed by atoms with E-state index in [2.05, 4.69) is 18.7 Å². The van der Waals surface area contributed by atoms with Gasteiger partial charge in [0, 0.05) is 11.8 Å². The first-order valence-electron chi connectivity index (χ1n) is 5.84. The maximum atomic E-state index is 11.9. The molecular weight excluding hydrogens is 196 g/mol. The van der Waals surface area contributed by atoms with Gasteiger partial charge in [0.05, 0.1) is 0 Å². The summed E-state index contributed by atoms with van der Waals surface area (Å²) in [5, 5.41) is 0. The van der Waals surface area contributed by atoms with Gasteiger partial charge >= 0.3 is 0 Å². The van der Waals surface area contributed by atoms with Crippen LogP contribution in [0.3, 0.4) is 0 Å². The van der Waals surface area contributed by atoms with Gasteiger partial charge in [-0.15, -0.1) is 6.58 Å². The molecule has 0 heterocycles. The predicted octanol–water partition coefficient (Wildman–Crippen LogP) is 3.54. The lowest BCUT2D eigenvalue weighted by atomic mass is 9.61. The molecule has 0 unspecified atom stereocenters. The van der Waals surface area contributed by atoms with E-state index >= 15 is 0 Å². The van der Waals surface area contributed by atoms with Crippen LogP contribution in [0.5, 0.6) is 0 Å². The largest absolute Gasteiger partial charge is 0.299 e. The lowest BCUT2D eigenvalue weighted by molar-refractivity contribution is -0.138. The summed E-state index contributed by atoms with van der Waals surface area (Å²) in [7, 11) is 0. The van der Waals surface area contributed by atoms with Crippen LogP contribution in [0.25, 0.3) is 0 Å². The van der Waals surface area contributed by atoms with Crippen molar-refractivity contribution in [2.75, 3.05) is 0 Å². The van der Waals surface area contributed by atoms with Gasteiger partial charge < -0.3 is 0 Å². The summed E-state index contributed by atoms with van der Waals surface area (Å²) in [5.41, 5.74) is 2.24. The molecule has 1 atom stereocenters. The molecule has 84 valence electrons. The third-order valence-corrected chi connectivity index (χ3v) is 3.45. The van der Waals surface area contributed by atoms with Gasteiger partial charge in [0.2, 0.25) is 0 Å². The van der Waals surface area contributed by atoms with Crippen molar-refractivity contribution in [3.63, 3.8) is 0 Å². The first-order valence-corrected chi connectivity index (χ1v) is 5.84. The fourth-order valence-electron chi connectivity index (χ4n) is 2.58. The number of ketones is 1. The molecule has 2 rings (SSSR count). The summed E-state index contributed by atoms with van der Waals surface area (Å²) in [6, 6.07) is 10.3. The number of hydrogen-bond acceptors (Lipinski definition) is 1. The number of carbonyl (C=O) groups is 1. The van der Waals surface area contributed by atoms with Crippen LogP contribution in [-0.4, -0.2) is 5.78 Å². The Balaban J connectivity index is 2.16. The summed E-state index contributed by atoms with van der Waals surface area (Å²) in [5.74, 6) is 0.416. The van der Waals surface area contributed by atoms with Crippen molar-refractivity contribution < 1.29 is 4.79 Å². The number of benzene rings is 1. The first kappa shape index (κ1) is 11.1. The molecule has 1 aromatic rings. The summed E-state index contributed by atoms with van der Waals surface area (Å²) < 4.78 is 0. The van der Waals surface area contributed by atoms with Crippen LogP contribution in [-0.2, 0) is 11.2 Å². The minimum Gasteiger partial charge on any atom is -0.299 e. The highest BCUT2D eigenvalue weighted by Gasteiger charge is 2.45. The van der Waals surface area contributed by atoms with Gasteiger partial charge in [-0.1, -0.05) is 35.9 Å². The Morgan fingerprint density at radius 3 is 2.50 bits per heavy atom. The van der Waals surface area contributed by atoms with Gasteiger partial charge in [0.25, 0.3) is 0 Å². The lowest BCUT2D eigenvalue weighted by Crippen LogP contribution is -2.42. The Kier molecular flexibility index (Phi) is 2.95. The molecule has 0 bridgehead atoms. The normalized spacial score (nSPS) is 23.9. The average Bonchev–Trinajstić information content (AvgIpc) is 2.27.